The topological polar surface area (TPSA) is 69.6 Å². The molecule has 0 saturated carbocycles. The van der Waals surface area contributed by atoms with Crippen molar-refractivity contribution in [2.45, 2.75) is 19.3 Å². The molecule has 0 radical (unpaired) electrons. The number of rotatable bonds is 5. The van der Waals surface area contributed by atoms with Gasteiger partial charge < -0.3 is 15.3 Å². The Balaban J connectivity index is 0.00000264. The van der Waals surface area contributed by atoms with Crippen molar-refractivity contribution < 1.29 is 19.1 Å². The number of carbonyl (C=O) groups excluding carboxylic acids is 1. The molecule has 1 aliphatic rings. The lowest BCUT2D eigenvalue weighted by molar-refractivity contribution is -0.143. The fourth-order valence-corrected chi connectivity index (χ4v) is 2.63. The summed E-state index contributed by atoms with van der Waals surface area (Å²) in [6.45, 7) is 1.87. The number of halogens is 3. The van der Waals surface area contributed by atoms with Gasteiger partial charge in [0.1, 0.15) is 5.82 Å². The van der Waals surface area contributed by atoms with Gasteiger partial charge in [0.2, 0.25) is 5.91 Å². The molecule has 1 aromatic carbocycles. The summed E-state index contributed by atoms with van der Waals surface area (Å²) >= 11 is 5.65. The Kier molecular flexibility index (Phi) is 7.75. The Bertz CT molecular complexity index is 564. The molecule has 2 rings (SSSR count). The predicted molar refractivity (Wildman–Crippen MR) is 88.7 cm³/mol. The maximum Gasteiger partial charge on any atom is 0.306 e. The number of carbonyl (C=O) groups is 2. The van der Waals surface area contributed by atoms with Gasteiger partial charge in [-0.3, -0.25) is 9.59 Å². The van der Waals surface area contributed by atoms with Crippen molar-refractivity contribution in [3.63, 3.8) is 0 Å². The van der Waals surface area contributed by atoms with Crippen molar-refractivity contribution >= 4 is 41.6 Å². The summed E-state index contributed by atoms with van der Waals surface area (Å²) in [5.74, 6) is -1.88. The van der Waals surface area contributed by atoms with E-state index >= 15 is 0 Å². The largest absolute Gasteiger partial charge is 0.481 e. The highest BCUT2D eigenvalue weighted by molar-refractivity contribution is 6.30. The van der Waals surface area contributed by atoms with Crippen LogP contribution < -0.4 is 5.32 Å². The number of aliphatic carboxylic acids is 1. The first-order chi connectivity index (χ1) is 10.5. The number of nitrogens with one attached hydrogen (secondary N) is 1. The molecule has 0 spiro atoms. The van der Waals surface area contributed by atoms with Crippen molar-refractivity contribution in [2.75, 3.05) is 25.0 Å². The van der Waals surface area contributed by atoms with Gasteiger partial charge in [0.25, 0.3) is 0 Å². The number of hydrogen-bond donors (Lipinski definition) is 2. The summed E-state index contributed by atoms with van der Waals surface area (Å²) in [7, 11) is 0. The van der Waals surface area contributed by atoms with E-state index in [4.69, 9.17) is 16.7 Å². The van der Waals surface area contributed by atoms with E-state index in [1.165, 1.54) is 12.1 Å². The number of anilines is 1. The molecule has 0 unspecified atom stereocenters. The Hall–Kier alpha value is -1.37. The van der Waals surface area contributed by atoms with E-state index in [0.717, 1.165) is 6.07 Å². The standard InChI is InChI=1S/C15H18ClFN2O3.ClH/c16-11-1-2-13(12(17)9-11)18-14(20)5-8-19-6-3-10(4-7-19)15(21)22;/h1-2,9-10H,3-8H2,(H,18,20)(H,21,22);1H. The summed E-state index contributed by atoms with van der Waals surface area (Å²) in [5.41, 5.74) is 0.110. The molecule has 23 heavy (non-hydrogen) atoms. The van der Waals surface area contributed by atoms with Crippen LogP contribution in [0.4, 0.5) is 10.1 Å². The average Bonchev–Trinajstić information content (AvgIpc) is 2.48. The number of nitrogens with zero attached hydrogens (tertiary/aromatic N) is 1. The minimum absolute atomic E-state index is 0. The first-order valence-corrected chi connectivity index (χ1v) is 7.53. The van der Waals surface area contributed by atoms with Gasteiger partial charge >= 0.3 is 5.97 Å². The molecule has 1 aromatic rings. The Morgan fingerprint density at radius 2 is 2.00 bits per heavy atom. The summed E-state index contributed by atoms with van der Waals surface area (Å²) < 4.78 is 13.6. The smallest absolute Gasteiger partial charge is 0.306 e. The SMILES string of the molecule is Cl.O=C(CCN1CCC(C(=O)O)CC1)Nc1ccc(Cl)cc1F. The van der Waals surface area contributed by atoms with Gasteiger partial charge in [-0.1, -0.05) is 11.6 Å². The molecule has 5 nitrogen and oxygen atoms in total. The number of carboxylic acids is 1. The van der Waals surface area contributed by atoms with E-state index in [0.29, 0.717) is 32.5 Å². The Morgan fingerprint density at radius 3 is 2.57 bits per heavy atom. The monoisotopic (exact) mass is 364 g/mol. The van der Waals surface area contributed by atoms with Gasteiger partial charge in [0.15, 0.2) is 0 Å². The molecule has 8 heteroatoms. The number of hydrogen-bond acceptors (Lipinski definition) is 3. The first-order valence-electron chi connectivity index (χ1n) is 7.16. The third kappa shape index (κ3) is 5.97. The Morgan fingerprint density at radius 1 is 1.35 bits per heavy atom. The van der Waals surface area contributed by atoms with E-state index in [1.54, 1.807) is 0 Å². The number of likely N-dealkylation sites (tertiary alicyclic amines) is 1. The van der Waals surface area contributed by atoms with Crippen molar-refractivity contribution in [1.29, 1.82) is 0 Å². The third-order valence-electron chi connectivity index (χ3n) is 3.80. The normalized spacial score (nSPS) is 15.7. The lowest BCUT2D eigenvalue weighted by Crippen LogP contribution is -2.37. The van der Waals surface area contributed by atoms with Gasteiger partial charge in [-0.25, -0.2) is 4.39 Å². The van der Waals surface area contributed by atoms with Crippen LogP contribution in [0.15, 0.2) is 18.2 Å². The van der Waals surface area contributed by atoms with E-state index in [1.807, 2.05) is 0 Å². The van der Waals surface area contributed by atoms with Gasteiger partial charge in [0, 0.05) is 18.0 Å². The fraction of sp³-hybridized carbons (Fsp3) is 0.467. The average molecular weight is 365 g/mol. The van der Waals surface area contributed by atoms with Crippen LogP contribution in [-0.4, -0.2) is 41.5 Å². The molecule has 0 aromatic heterocycles. The maximum absolute atomic E-state index is 13.6. The highest BCUT2D eigenvalue weighted by Crippen LogP contribution is 2.20. The van der Waals surface area contributed by atoms with Gasteiger partial charge in [-0.2, -0.15) is 0 Å². The van der Waals surface area contributed by atoms with Crippen LogP contribution in [0.25, 0.3) is 0 Å². The number of piperidine rings is 1. The lowest BCUT2D eigenvalue weighted by Gasteiger charge is -2.29. The molecule has 1 aliphatic heterocycles. The van der Waals surface area contributed by atoms with Crippen LogP contribution in [0.2, 0.25) is 5.02 Å². The van der Waals surface area contributed by atoms with Gasteiger partial charge in [-0.15, -0.1) is 12.4 Å². The van der Waals surface area contributed by atoms with Crippen LogP contribution in [0.5, 0.6) is 0 Å². The molecule has 1 heterocycles. The first kappa shape index (κ1) is 19.7. The minimum Gasteiger partial charge on any atom is -0.481 e. The molecule has 1 fully saturated rings. The molecule has 0 aliphatic carbocycles. The molecular formula is C15H19Cl2FN2O3. The van der Waals surface area contributed by atoms with Crippen LogP contribution in [0, 0.1) is 11.7 Å². The molecular weight excluding hydrogens is 346 g/mol. The highest BCUT2D eigenvalue weighted by Gasteiger charge is 2.24. The number of carboxylic acid groups (broad SMARTS) is 1. The molecule has 2 N–H and O–H groups in total. The second-order valence-corrected chi connectivity index (χ2v) is 5.81. The number of amides is 1. The second kappa shape index (κ2) is 9.05. The zero-order chi connectivity index (χ0) is 16.1. The summed E-state index contributed by atoms with van der Waals surface area (Å²) in [6, 6.07) is 4.08. The zero-order valence-electron chi connectivity index (χ0n) is 12.4. The molecule has 0 bridgehead atoms. The van der Waals surface area contributed by atoms with Crippen molar-refractivity contribution in [3.8, 4) is 0 Å². The van der Waals surface area contributed by atoms with Crippen LogP contribution in [-0.2, 0) is 9.59 Å². The number of benzene rings is 1. The highest BCUT2D eigenvalue weighted by atomic mass is 35.5. The minimum atomic E-state index is -0.754. The van der Waals surface area contributed by atoms with E-state index in [-0.39, 0.29) is 41.4 Å². The molecule has 1 saturated heterocycles. The van der Waals surface area contributed by atoms with E-state index in [2.05, 4.69) is 10.2 Å². The predicted octanol–water partition coefficient (Wildman–Crippen LogP) is 3.03. The van der Waals surface area contributed by atoms with Gasteiger partial charge in [-0.05, 0) is 44.1 Å². The second-order valence-electron chi connectivity index (χ2n) is 5.38. The van der Waals surface area contributed by atoms with Crippen LogP contribution in [0.3, 0.4) is 0 Å². The van der Waals surface area contributed by atoms with Crippen LogP contribution >= 0.6 is 24.0 Å². The summed E-state index contributed by atoms with van der Waals surface area (Å²) in [6.07, 6.45) is 1.44. The lowest BCUT2D eigenvalue weighted by atomic mass is 9.97. The van der Waals surface area contributed by atoms with Gasteiger partial charge in [0.05, 0.1) is 11.6 Å². The third-order valence-corrected chi connectivity index (χ3v) is 4.03. The fourth-order valence-electron chi connectivity index (χ4n) is 2.47. The van der Waals surface area contributed by atoms with Crippen molar-refractivity contribution in [3.05, 3.63) is 29.0 Å². The van der Waals surface area contributed by atoms with E-state index < -0.39 is 11.8 Å². The van der Waals surface area contributed by atoms with Crippen molar-refractivity contribution in [2.24, 2.45) is 5.92 Å². The maximum atomic E-state index is 13.6. The summed E-state index contributed by atoms with van der Waals surface area (Å²) in [5, 5.41) is 11.7. The van der Waals surface area contributed by atoms with Crippen molar-refractivity contribution in [1.82, 2.24) is 4.90 Å². The quantitative estimate of drug-likeness (QED) is 0.842. The molecule has 0 atom stereocenters. The molecule has 128 valence electrons. The molecule has 1 amide bonds. The Labute approximate surface area is 145 Å². The van der Waals surface area contributed by atoms with Crippen LogP contribution in [0.1, 0.15) is 19.3 Å². The summed E-state index contributed by atoms with van der Waals surface area (Å²) in [4.78, 5) is 24.7. The zero-order valence-corrected chi connectivity index (χ0v) is 14.0. The van der Waals surface area contributed by atoms with E-state index in [9.17, 15) is 14.0 Å².